The van der Waals surface area contributed by atoms with E-state index < -0.39 is 17.1 Å². The molecule has 0 saturated carbocycles. The normalized spacial score (nSPS) is 14.5. The Morgan fingerprint density at radius 3 is 2.45 bits per heavy atom. The van der Waals surface area contributed by atoms with Crippen LogP contribution in [-0.2, 0) is 11.2 Å². The molecule has 5 N–H and O–H groups in total. The molecule has 0 bridgehead atoms. The predicted octanol–water partition coefficient (Wildman–Crippen LogP) is 2.88. The Balaban J connectivity index is 2.54. The summed E-state index contributed by atoms with van der Waals surface area (Å²) in [5.41, 5.74) is 11.5. The second kappa shape index (κ2) is 5.61. The minimum absolute atomic E-state index is 0.115. The van der Waals surface area contributed by atoms with Gasteiger partial charge in [-0.05, 0) is 11.6 Å². The summed E-state index contributed by atoms with van der Waals surface area (Å²) in [6, 6.07) is 7.88. The number of rotatable bonds is 4. The van der Waals surface area contributed by atoms with E-state index >= 15 is 0 Å². The lowest BCUT2D eigenvalue weighted by atomic mass is 9.72. The van der Waals surface area contributed by atoms with Crippen LogP contribution in [0.3, 0.4) is 0 Å². The minimum atomic E-state index is -1.15. The Morgan fingerprint density at radius 2 is 1.91 bits per heavy atom. The molecule has 22 heavy (non-hydrogen) atoms. The number of thiocarbonyl (C=S) groups is 1. The monoisotopic (exact) mass is 319 g/mol. The average molecular weight is 319 g/mol. The number of benzene rings is 1. The van der Waals surface area contributed by atoms with Crippen LogP contribution >= 0.6 is 12.2 Å². The van der Waals surface area contributed by atoms with Gasteiger partial charge in [-0.15, -0.1) is 0 Å². The second-order valence-corrected chi connectivity index (χ2v) is 6.84. The number of aromatic amines is 1. The number of hydrogen-bond donors (Lipinski definition) is 3. The van der Waals surface area contributed by atoms with Gasteiger partial charge in [0, 0.05) is 28.9 Å². The van der Waals surface area contributed by atoms with Gasteiger partial charge in [-0.25, -0.2) is 4.79 Å². The molecule has 1 amide bonds. The first kappa shape index (κ1) is 16.3. The van der Waals surface area contributed by atoms with E-state index in [1.54, 1.807) is 0 Å². The molecule has 1 aromatic carbocycles. The third kappa shape index (κ3) is 2.78. The summed E-state index contributed by atoms with van der Waals surface area (Å²) in [4.78, 5) is 14.7. The molecule has 0 spiro atoms. The summed E-state index contributed by atoms with van der Waals surface area (Å²) in [7, 11) is 0. The van der Waals surface area contributed by atoms with Crippen LogP contribution in [0.2, 0.25) is 0 Å². The highest BCUT2D eigenvalue weighted by atomic mass is 32.1. The Hall–Kier alpha value is -2.08. The van der Waals surface area contributed by atoms with Crippen molar-refractivity contribution in [3.8, 4) is 0 Å². The summed E-state index contributed by atoms with van der Waals surface area (Å²) in [6.07, 6.45) is 1.36. The van der Waals surface area contributed by atoms with E-state index in [9.17, 15) is 4.79 Å². The third-order valence-electron chi connectivity index (χ3n) is 4.00. The Labute approximate surface area is 135 Å². The van der Waals surface area contributed by atoms with E-state index in [0.29, 0.717) is 6.42 Å². The number of primary amides is 1. The molecular weight excluding hydrogens is 298 g/mol. The second-order valence-electron chi connectivity index (χ2n) is 6.40. The maximum Gasteiger partial charge on any atom is 0.405 e. The number of carbonyl (C=O) groups is 1. The van der Waals surface area contributed by atoms with Crippen molar-refractivity contribution in [2.24, 2.45) is 16.9 Å². The van der Waals surface area contributed by atoms with Crippen molar-refractivity contribution in [3.63, 3.8) is 0 Å². The number of H-pyrrole nitrogens is 1. The van der Waals surface area contributed by atoms with E-state index in [4.69, 9.17) is 28.4 Å². The van der Waals surface area contributed by atoms with Gasteiger partial charge in [0.2, 0.25) is 0 Å². The number of carbonyl (C=O) groups excluding carboxylic acids is 1. The first-order valence-corrected chi connectivity index (χ1v) is 7.41. The van der Waals surface area contributed by atoms with E-state index in [-0.39, 0.29) is 4.99 Å². The van der Waals surface area contributed by atoms with Gasteiger partial charge in [-0.1, -0.05) is 51.2 Å². The van der Waals surface area contributed by atoms with Crippen LogP contribution in [0.4, 0.5) is 4.79 Å². The van der Waals surface area contributed by atoms with Crippen molar-refractivity contribution in [3.05, 3.63) is 36.0 Å². The molecule has 1 heterocycles. The molecule has 0 aliphatic carbocycles. The largest absolute Gasteiger partial charge is 0.435 e. The molecular formula is C16H21N3O2S. The Bertz CT molecular complexity index is 717. The first-order chi connectivity index (χ1) is 10.2. The van der Waals surface area contributed by atoms with Gasteiger partial charge in [0.25, 0.3) is 0 Å². The van der Waals surface area contributed by atoms with Crippen LogP contribution in [0.25, 0.3) is 10.9 Å². The SMILES string of the molecule is CC(C)(C)[C@](Cc1c[nH]c2ccccc12)(OC(N)=O)C(N)=S. The summed E-state index contributed by atoms with van der Waals surface area (Å²) < 4.78 is 5.44. The number of amides is 1. The van der Waals surface area contributed by atoms with Crippen LogP contribution < -0.4 is 11.5 Å². The number of nitrogens with one attached hydrogen (secondary N) is 1. The molecule has 0 saturated heterocycles. The van der Waals surface area contributed by atoms with Gasteiger partial charge in [-0.3, -0.25) is 0 Å². The lowest BCUT2D eigenvalue weighted by molar-refractivity contribution is -0.00862. The molecule has 0 radical (unpaired) electrons. The molecule has 6 heteroatoms. The molecule has 0 unspecified atom stereocenters. The number of fused-ring (bicyclic) bond motifs is 1. The van der Waals surface area contributed by atoms with Crippen molar-refractivity contribution in [1.29, 1.82) is 0 Å². The zero-order valence-electron chi connectivity index (χ0n) is 13.0. The molecule has 0 aliphatic rings. The zero-order valence-corrected chi connectivity index (χ0v) is 13.8. The quantitative estimate of drug-likeness (QED) is 0.755. The summed E-state index contributed by atoms with van der Waals surface area (Å²) in [5, 5.41) is 1.04. The highest BCUT2D eigenvalue weighted by Gasteiger charge is 2.48. The minimum Gasteiger partial charge on any atom is -0.435 e. The smallest absolute Gasteiger partial charge is 0.405 e. The third-order valence-corrected chi connectivity index (χ3v) is 4.33. The van der Waals surface area contributed by atoms with Crippen LogP contribution in [0, 0.1) is 5.41 Å². The predicted molar refractivity (Wildman–Crippen MR) is 91.6 cm³/mol. The fraction of sp³-hybridized carbons (Fsp3) is 0.375. The Morgan fingerprint density at radius 1 is 1.27 bits per heavy atom. The highest BCUT2D eigenvalue weighted by molar-refractivity contribution is 7.80. The number of nitrogens with two attached hydrogens (primary N) is 2. The fourth-order valence-corrected chi connectivity index (χ4v) is 3.10. The molecule has 1 aromatic heterocycles. The van der Waals surface area contributed by atoms with E-state index in [1.165, 1.54) is 0 Å². The van der Waals surface area contributed by atoms with Crippen molar-refractivity contribution >= 4 is 34.2 Å². The molecule has 118 valence electrons. The van der Waals surface area contributed by atoms with E-state index in [1.807, 2.05) is 51.2 Å². The standard InChI is InChI=1S/C16H21N3O2S/c1-15(2,3)16(13(17)22,21-14(18)20)8-10-9-19-12-7-5-4-6-11(10)12/h4-7,9,19H,8H2,1-3H3,(H2,17,22)(H2,18,20)/t16-/m1/s1. The van der Waals surface area contributed by atoms with Gasteiger partial charge in [-0.2, -0.15) is 0 Å². The average Bonchev–Trinajstić information content (AvgIpc) is 2.79. The van der Waals surface area contributed by atoms with Crippen molar-refractivity contribution in [1.82, 2.24) is 4.98 Å². The summed E-state index contributed by atoms with van der Waals surface area (Å²) in [5.74, 6) is 0. The van der Waals surface area contributed by atoms with E-state index in [2.05, 4.69) is 4.98 Å². The van der Waals surface area contributed by atoms with Gasteiger partial charge in [0.05, 0.1) is 0 Å². The van der Waals surface area contributed by atoms with Crippen LogP contribution in [0.1, 0.15) is 26.3 Å². The lowest BCUT2D eigenvalue weighted by Gasteiger charge is -2.42. The summed E-state index contributed by atoms with van der Waals surface area (Å²) >= 11 is 5.23. The molecule has 1 atom stereocenters. The zero-order chi connectivity index (χ0) is 16.5. The van der Waals surface area contributed by atoms with Gasteiger partial charge in [0.1, 0.15) is 4.99 Å². The van der Waals surface area contributed by atoms with Crippen LogP contribution in [0.5, 0.6) is 0 Å². The molecule has 0 fully saturated rings. The number of ether oxygens (including phenoxy) is 1. The van der Waals surface area contributed by atoms with Crippen molar-refractivity contribution in [2.45, 2.75) is 32.8 Å². The Kier molecular flexibility index (Phi) is 4.15. The summed E-state index contributed by atoms with van der Waals surface area (Å²) in [6.45, 7) is 5.76. The number of para-hydroxylation sites is 1. The first-order valence-electron chi connectivity index (χ1n) is 7.01. The number of hydrogen-bond acceptors (Lipinski definition) is 3. The lowest BCUT2D eigenvalue weighted by Crippen LogP contribution is -2.58. The molecule has 2 aromatic rings. The topological polar surface area (TPSA) is 94.1 Å². The van der Waals surface area contributed by atoms with E-state index in [0.717, 1.165) is 16.5 Å². The molecule has 2 rings (SSSR count). The maximum atomic E-state index is 11.4. The van der Waals surface area contributed by atoms with Crippen molar-refractivity contribution in [2.75, 3.05) is 0 Å². The number of aromatic nitrogens is 1. The van der Waals surface area contributed by atoms with Gasteiger partial charge < -0.3 is 21.2 Å². The van der Waals surface area contributed by atoms with Gasteiger partial charge >= 0.3 is 6.09 Å². The fourth-order valence-electron chi connectivity index (χ4n) is 2.68. The van der Waals surface area contributed by atoms with Crippen molar-refractivity contribution < 1.29 is 9.53 Å². The van der Waals surface area contributed by atoms with Gasteiger partial charge in [0.15, 0.2) is 5.60 Å². The molecule has 5 nitrogen and oxygen atoms in total. The molecule has 0 aliphatic heterocycles. The maximum absolute atomic E-state index is 11.4. The van der Waals surface area contributed by atoms with Crippen LogP contribution in [0.15, 0.2) is 30.5 Å². The highest BCUT2D eigenvalue weighted by Crippen LogP contribution is 2.38. The van der Waals surface area contributed by atoms with Crippen LogP contribution in [-0.4, -0.2) is 21.7 Å².